The summed E-state index contributed by atoms with van der Waals surface area (Å²) < 4.78 is 18.5. The van der Waals surface area contributed by atoms with Gasteiger partial charge in [0.05, 0.1) is 11.4 Å². The Morgan fingerprint density at radius 1 is 1.09 bits per heavy atom. The van der Waals surface area contributed by atoms with Crippen molar-refractivity contribution in [1.29, 1.82) is 0 Å². The lowest BCUT2D eigenvalue weighted by Crippen LogP contribution is -2.09. The fraction of sp³-hybridized carbons (Fsp3) is 0.235. The molecule has 0 saturated heterocycles. The van der Waals surface area contributed by atoms with E-state index in [1.807, 2.05) is 61.7 Å². The van der Waals surface area contributed by atoms with Gasteiger partial charge in [-0.1, -0.05) is 36.4 Å². The summed E-state index contributed by atoms with van der Waals surface area (Å²) in [4.78, 5) is 5.45. The Bertz CT molecular complexity index is 750. The maximum atomic E-state index is 12.7. The third kappa shape index (κ3) is 3.05. The maximum Gasteiger partial charge on any atom is 0.210 e. The van der Waals surface area contributed by atoms with Gasteiger partial charge < -0.3 is 4.42 Å². The zero-order valence-electron chi connectivity index (χ0n) is 12.4. The number of hydrogen-bond acceptors (Lipinski definition) is 4. The third-order valence-electron chi connectivity index (χ3n) is 3.57. The van der Waals surface area contributed by atoms with E-state index in [0.29, 0.717) is 11.7 Å². The van der Waals surface area contributed by atoms with E-state index in [2.05, 4.69) is 4.98 Å². The first-order valence-corrected chi connectivity index (χ1v) is 9.26. The van der Waals surface area contributed by atoms with Gasteiger partial charge in [-0.2, -0.15) is 0 Å². The van der Waals surface area contributed by atoms with Crippen LogP contribution in [-0.2, 0) is 10.8 Å². The summed E-state index contributed by atoms with van der Waals surface area (Å²) in [6.07, 6.45) is 1.70. The third-order valence-corrected chi connectivity index (χ3v) is 6.62. The van der Waals surface area contributed by atoms with Gasteiger partial charge in [0.1, 0.15) is 5.25 Å². The molecule has 0 N–H and O–H groups in total. The highest BCUT2D eigenvalue weighted by Gasteiger charge is 2.25. The van der Waals surface area contributed by atoms with E-state index in [0.717, 1.165) is 10.4 Å². The van der Waals surface area contributed by atoms with Crippen molar-refractivity contribution in [1.82, 2.24) is 4.98 Å². The Labute approximate surface area is 136 Å². The van der Waals surface area contributed by atoms with Crippen LogP contribution in [0.1, 0.15) is 35.1 Å². The number of benzene rings is 1. The molecule has 5 heteroatoms. The highest BCUT2D eigenvalue weighted by atomic mass is 32.2. The number of aromatic nitrogens is 1. The van der Waals surface area contributed by atoms with Gasteiger partial charge in [0, 0.05) is 21.2 Å². The number of rotatable bonds is 5. The smallest absolute Gasteiger partial charge is 0.210 e. The minimum absolute atomic E-state index is 0.0259. The van der Waals surface area contributed by atoms with Crippen molar-refractivity contribution < 1.29 is 8.63 Å². The number of oxazole rings is 1. The van der Waals surface area contributed by atoms with Gasteiger partial charge in [-0.25, -0.2) is 4.98 Å². The van der Waals surface area contributed by atoms with E-state index < -0.39 is 10.8 Å². The van der Waals surface area contributed by atoms with Crippen LogP contribution in [0.2, 0.25) is 0 Å². The molecule has 1 aromatic carbocycles. The molecule has 2 heterocycles. The average molecular weight is 331 g/mol. The van der Waals surface area contributed by atoms with Crippen LogP contribution < -0.4 is 0 Å². The van der Waals surface area contributed by atoms with Gasteiger partial charge in [0.25, 0.3) is 0 Å². The second kappa shape index (κ2) is 6.58. The summed E-state index contributed by atoms with van der Waals surface area (Å²) in [7, 11) is -1.08. The first-order valence-electron chi connectivity index (χ1n) is 7.10. The molecule has 0 aliphatic heterocycles. The summed E-state index contributed by atoms with van der Waals surface area (Å²) in [6, 6.07) is 13.8. The molecule has 0 saturated carbocycles. The fourth-order valence-electron chi connectivity index (χ4n) is 2.25. The summed E-state index contributed by atoms with van der Waals surface area (Å²) >= 11 is 1.63. The van der Waals surface area contributed by atoms with Crippen LogP contribution in [0.5, 0.6) is 0 Å². The lowest BCUT2D eigenvalue weighted by atomic mass is 10.2. The van der Waals surface area contributed by atoms with Gasteiger partial charge in [-0.15, -0.1) is 11.3 Å². The first-order chi connectivity index (χ1) is 10.7. The molecule has 0 amide bonds. The van der Waals surface area contributed by atoms with Crippen molar-refractivity contribution in [3.63, 3.8) is 0 Å². The molecule has 0 spiro atoms. The van der Waals surface area contributed by atoms with Crippen LogP contribution in [0.25, 0.3) is 11.3 Å². The van der Waals surface area contributed by atoms with Gasteiger partial charge in [-0.3, -0.25) is 4.21 Å². The van der Waals surface area contributed by atoms with Crippen LogP contribution in [0.15, 0.2) is 58.5 Å². The highest BCUT2D eigenvalue weighted by molar-refractivity contribution is 7.85. The average Bonchev–Trinajstić information content (AvgIpc) is 3.25. The van der Waals surface area contributed by atoms with Gasteiger partial charge in [0.15, 0.2) is 5.76 Å². The minimum Gasteiger partial charge on any atom is -0.439 e. The van der Waals surface area contributed by atoms with E-state index in [9.17, 15) is 4.21 Å². The molecule has 0 aliphatic carbocycles. The van der Waals surface area contributed by atoms with Crippen LogP contribution in [-0.4, -0.2) is 9.19 Å². The van der Waals surface area contributed by atoms with E-state index in [1.54, 1.807) is 17.5 Å². The molecule has 3 rings (SSSR count). The number of hydrogen-bond donors (Lipinski definition) is 0. The van der Waals surface area contributed by atoms with Crippen molar-refractivity contribution in [2.45, 2.75) is 24.3 Å². The molecule has 0 bridgehead atoms. The minimum atomic E-state index is -1.08. The maximum absolute atomic E-state index is 12.7. The summed E-state index contributed by atoms with van der Waals surface area (Å²) in [6.45, 7) is 3.89. The van der Waals surface area contributed by atoms with E-state index in [1.165, 1.54) is 0 Å². The Hall–Kier alpha value is -1.72. The molecule has 22 heavy (non-hydrogen) atoms. The zero-order chi connectivity index (χ0) is 15.5. The Balaban J connectivity index is 1.79. The highest BCUT2D eigenvalue weighted by Crippen LogP contribution is 2.33. The molecule has 0 fully saturated rings. The first kappa shape index (κ1) is 15.2. The zero-order valence-corrected chi connectivity index (χ0v) is 14.1. The molecule has 0 aliphatic rings. The van der Waals surface area contributed by atoms with Crippen LogP contribution in [0.3, 0.4) is 0 Å². The van der Waals surface area contributed by atoms with Crippen molar-refractivity contribution in [2.24, 2.45) is 0 Å². The second-order valence-corrected chi connectivity index (χ2v) is 8.11. The molecule has 0 unspecified atom stereocenters. The SMILES string of the molecule is C[C@H](c1ncc(-c2ccccc2)o1)[S@@](=O)[C@@H](C)c1cccs1. The molecule has 2 aromatic heterocycles. The molecular weight excluding hydrogens is 314 g/mol. The molecule has 3 aromatic rings. The van der Waals surface area contributed by atoms with Crippen LogP contribution in [0, 0.1) is 0 Å². The summed E-state index contributed by atoms with van der Waals surface area (Å²) in [5.41, 5.74) is 0.977. The van der Waals surface area contributed by atoms with Gasteiger partial charge >= 0.3 is 0 Å². The molecular formula is C17H17NO2S2. The Morgan fingerprint density at radius 2 is 1.86 bits per heavy atom. The molecule has 3 nitrogen and oxygen atoms in total. The fourth-order valence-corrected chi connectivity index (χ4v) is 4.60. The lowest BCUT2D eigenvalue weighted by Gasteiger charge is -2.13. The van der Waals surface area contributed by atoms with Gasteiger partial charge in [-0.05, 0) is 25.3 Å². The number of thiophene rings is 1. The van der Waals surface area contributed by atoms with Crippen LogP contribution >= 0.6 is 11.3 Å². The van der Waals surface area contributed by atoms with Crippen molar-refractivity contribution >= 4 is 22.1 Å². The quantitative estimate of drug-likeness (QED) is 0.662. The standard InChI is InChI=1S/C17H17NO2S2/c1-12(16-9-6-10-21-16)22(19)13(2)17-18-11-15(20-17)14-7-4-3-5-8-14/h3-13H,1-2H3/t12-,13+,22-/m0/s1. The summed E-state index contributed by atoms with van der Waals surface area (Å²) in [5, 5.41) is 1.74. The summed E-state index contributed by atoms with van der Waals surface area (Å²) in [5.74, 6) is 1.24. The Kier molecular flexibility index (Phi) is 4.55. The normalized spacial score (nSPS) is 15.4. The van der Waals surface area contributed by atoms with Crippen LogP contribution in [0.4, 0.5) is 0 Å². The van der Waals surface area contributed by atoms with E-state index >= 15 is 0 Å². The predicted octanol–water partition coefficient (Wildman–Crippen LogP) is 4.97. The second-order valence-electron chi connectivity index (χ2n) is 5.06. The molecule has 0 radical (unpaired) electrons. The monoisotopic (exact) mass is 331 g/mol. The molecule has 3 atom stereocenters. The van der Waals surface area contributed by atoms with Crippen molar-refractivity contribution in [2.75, 3.05) is 0 Å². The van der Waals surface area contributed by atoms with E-state index in [-0.39, 0.29) is 10.5 Å². The van der Waals surface area contributed by atoms with Crippen molar-refractivity contribution in [3.05, 3.63) is 64.8 Å². The van der Waals surface area contributed by atoms with Crippen molar-refractivity contribution in [3.8, 4) is 11.3 Å². The predicted molar refractivity (Wildman–Crippen MR) is 91.2 cm³/mol. The lowest BCUT2D eigenvalue weighted by molar-refractivity contribution is 0.504. The number of nitrogens with zero attached hydrogens (tertiary/aromatic N) is 1. The largest absolute Gasteiger partial charge is 0.439 e. The van der Waals surface area contributed by atoms with E-state index in [4.69, 9.17) is 4.42 Å². The Morgan fingerprint density at radius 3 is 2.55 bits per heavy atom. The molecule has 114 valence electrons. The van der Waals surface area contributed by atoms with Gasteiger partial charge in [0.2, 0.25) is 5.89 Å². The topological polar surface area (TPSA) is 43.1 Å².